The van der Waals surface area contributed by atoms with Crippen LogP contribution < -0.4 is 10.5 Å². The Morgan fingerprint density at radius 3 is 2.64 bits per heavy atom. The van der Waals surface area contributed by atoms with E-state index >= 15 is 0 Å². The van der Waals surface area contributed by atoms with Gasteiger partial charge in [0.2, 0.25) is 0 Å². The Morgan fingerprint density at radius 2 is 2.14 bits per heavy atom. The Bertz CT molecular complexity index is 323. The number of methoxy groups -OCH3 is 1. The zero-order valence-electron chi connectivity index (χ0n) is 8.80. The van der Waals surface area contributed by atoms with Crippen molar-refractivity contribution in [2.24, 2.45) is 5.73 Å². The van der Waals surface area contributed by atoms with Gasteiger partial charge in [-0.2, -0.15) is 0 Å². The summed E-state index contributed by atoms with van der Waals surface area (Å²) in [6.45, 7) is 4.03. The fraction of sp³-hybridized carbons (Fsp3) is 0.455. The quantitative estimate of drug-likeness (QED) is 0.904. The zero-order chi connectivity index (χ0) is 10.7. The third-order valence-corrected chi connectivity index (χ3v) is 2.96. The molecule has 0 aromatic heterocycles. The van der Waals surface area contributed by atoms with Gasteiger partial charge in [0, 0.05) is 16.1 Å². The van der Waals surface area contributed by atoms with Crippen molar-refractivity contribution in [3.05, 3.63) is 27.7 Å². The van der Waals surface area contributed by atoms with E-state index in [1.807, 2.05) is 19.9 Å². The van der Waals surface area contributed by atoms with Crippen LogP contribution >= 0.6 is 15.9 Å². The fourth-order valence-corrected chi connectivity index (χ4v) is 1.90. The number of halogens is 1. The molecule has 0 heterocycles. The number of rotatable bonds is 3. The summed E-state index contributed by atoms with van der Waals surface area (Å²) in [6.07, 6.45) is 0.870. The van der Waals surface area contributed by atoms with E-state index in [0.29, 0.717) is 0 Å². The first kappa shape index (κ1) is 11.5. The number of hydrogen-bond acceptors (Lipinski definition) is 2. The van der Waals surface area contributed by atoms with Gasteiger partial charge in [0.05, 0.1) is 7.11 Å². The molecule has 1 unspecified atom stereocenters. The molecule has 1 atom stereocenters. The maximum Gasteiger partial charge on any atom is 0.123 e. The van der Waals surface area contributed by atoms with Crippen LogP contribution in [0.3, 0.4) is 0 Å². The second-order valence-corrected chi connectivity index (χ2v) is 4.44. The van der Waals surface area contributed by atoms with Crippen LogP contribution in [0.4, 0.5) is 0 Å². The van der Waals surface area contributed by atoms with Gasteiger partial charge in [-0.25, -0.2) is 0 Å². The fourth-order valence-electron chi connectivity index (χ4n) is 1.41. The van der Waals surface area contributed by atoms with Crippen LogP contribution in [-0.4, -0.2) is 13.2 Å². The summed E-state index contributed by atoms with van der Waals surface area (Å²) in [5.74, 6) is 0.912. The normalized spacial score (nSPS) is 12.6. The molecule has 0 bridgehead atoms. The highest BCUT2D eigenvalue weighted by atomic mass is 79.9. The van der Waals surface area contributed by atoms with Gasteiger partial charge >= 0.3 is 0 Å². The molecule has 1 aromatic carbocycles. The van der Waals surface area contributed by atoms with Gasteiger partial charge < -0.3 is 10.5 Å². The summed E-state index contributed by atoms with van der Waals surface area (Å²) in [5, 5.41) is 0. The summed E-state index contributed by atoms with van der Waals surface area (Å²) in [4.78, 5) is 0. The van der Waals surface area contributed by atoms with Crippen LogP contribution in [0.25, 0.3) is 0 Å². The SMILES string of the molecule is COc1cc(CC(C)N)cc(Br)c1C. The highest BCUT2D eigenvalue weighted by Crippen LogP contribution is 2.28. The lowest BCUT2D eigenvalue weighted by Gasteiger charge is -2.11. The lowest BCUT2D eigenvalue weighted by Crippen LogP contribution is -2.17. The molecule has 2 N–H and O–H groups in total. The van der Waals surface area contributed by atoms with E-state index in [2.05, 4.69) is 22.0 Å². The monoisotopic (exact) mass is 257 g/mol. The Hall–Kier alpha value is -0.540. The summed E-state index contributed by atoms with van der Waals surface area (Å²) < 4.78 is 6.35. The molecule has 0 aliphatic heterocycles. The topological polar surface area (TPSA) is 35.2 Å². The van der Waals surface area contributed by atoms with Crippen LogP contribution in [0.5, 0.6) is 5.75 Å². The average molecular weight is 258 g/mol. The van der Waals surface area contributed by atoms with E-state index in [1.54, 1.807) is 7.11 Å². The van der Waals surface area contributed by atoms with Crippen molar-refractivity contribution in [1.82, 2.24) is 0 Å². The van der Waals surface area contributed by atoms with Gasteiger partial charge in [-0.15, -0.1) is 0 Å². The van der Waals surface area contributed by atoms with E-state index in [0.717, 1.165) is 22.2 Å². The minimum absolute atomic E-state index is 0.175. The molecular formula is C11H16BrNO. The maximum absolute atomic E-state index is 5.75. The minimum atomic E-state index is 0.175. The standard InChI is InChI=1S/C11H16BrNO/c1-7(13)4-9-5-10(12)8(2)11(6-9)14-3/h5-7H,4,13H2,1-3H3. The van der Waals surface area contributed by atoms with Crippen LogP contribution in [0.2, 0.25) is 0 Å². The second-order valence-electron chi connectivity index (χ2n) is 3.59. The highest BCUT2D eigenvalue weighted by Gasteiger charge is 2.06. The van der Waals surface area contributed by atoms with Gasteiger partial charge in [-0.3, -0.25) is 0 Å². The van der Waals surface area contributed by atoms with Crippen molar-refractivity contribution < 1.29 is 4.74 Å². The van der Waals surface area contributed by atoms with Gasteiger partial charge in [0.15, 0.2) is 0 Å². The largest absolute Gasteiger partial charge is 0.496 e. The Labute approximate surface area is 93.6 Å². The molecule has 0 aliphatic rings. The number of benzene rings is 1. The van der Waals surface area contributed by atoms with Crippen molar-refractivity contribution in [2.45, 2.75) is 26.3 Å². The van der Waals surface area contributed by atoms with E-state index < -0.39 is 0 Å². The maximum atomic E-state index is 5.75. The molecule has 78 valence electrons. The Morgan fingerprint density at radius 1 is 1.50 bits per heavy atom. The van der Waals surface area contributed by atoms with Crippen molar-refractivity contribution >= 4 is 15.9 Å². The molecule has 1 rings (SSSR count). The van der Waals surface area contributed by atoms with Crippen LogP contribution in [-0.2, 0) is 6.42 Å². The van der Waals surface area contributed by atoms with Crippen molar-refractivity contribution in [3.8, 4) is 5.75 Å². The Balaban J connectivity index is 3.03. The molecule has 0 radical (unpaired) electrons. The molecule has 0 saturated carbocycles. The molecule has 0 aliphatic carbocycles. The van der Waals surface area contributed by atoms with E-state index in [4.69, 9.17) is 10.5 Å². The van der Waals surface area contributed by atoms with Crippen molar-refractivity contribution in [3.63, 3.8) is 0 Å². The lowest BCUT2D eigenvalue weighted by molar-refractivity contribution is 0.410. The van der Waals surface area contributed by atoms with Crippen LogP contribution in [0.15, 0.2) is 16.6 Å². The first-order chi connectivity index (χ1) is 6.54. The lowest BCUT2D eigenvalue weighted by atomic mass is 10.1. The van der Waals surface area contributed by atoms with Crippen LogP contribution in [0, 0.1) is 6.92 Å². The smallest absolute Gasteiger partial charge is 0.123 e. The number of ether oxygens (including phenoxy) is 1. The van der Waals surface area contributed by atoms with E-state index in [1.165, 1.54) is 5.56 Å². The van der Waals surface area contributed by atoms with Gasteiger partial charge in [-0.05, 0) is 38.0 Å². The predicted octanol–water partition coefficient (Wildman–Crippen LogP) is 2.66. The molecule has 0 spiro atoms. The van der Waals surface area contributed by atoms with Gasteiger partial charge in [0.1, 0.15) is 5.75 Å². The van der Waals surface area contributed by atoms with E-state index in [9.17, 15) is 0 Å². The van der Waals surface area contributed by atoms with Crippen molar-refractivity contribution in [2.75, 3.05) is 7.11 Å². The average Bonchev–Trinajstić information content (AvgIpc) is 2.10. The first-order valence-electron chi connectivity index (χ1n) is 4.63. The molecule has 0 saturated heterocycles. The number of hydrogen-bond donors (Lipinski definition) is 1. The van der Waals surface area contributed by atoms with E-state index in [-0.39, 0.29) is 6.04 Å². The highest BCUT2D eigenvalue weighted by molar-refractivity contribution is 9.10. The summed E-state index contributed by atoms with van der Waals surface area (Å²) in [7, 11) is 1.68. The van der Waals surface area contributed by atoms with Crippen LogP contribution in [0.1, 0.15) is 18.1 Å². The molecule has 2 nitrogen and oxygen atoms in total. The second kappa shape index (κ2) is 4.80. The predicted molar refractivity (Wildman–Crippen MR) is 62.8 cm³/mol. The van der Waals surface area contributed by atoms with Gasteiger partial charge in [-0.1, -0.05) is 15.9 Å². The minimum Gasteiger partial charge on any atom is -0.496 e. The summed E-state index contributed by atoms with van der Waals surface area (Å²) >= 11 is 3.51. The molecule has 14 heavy (non-hydrogen) atoms. The first-order valence-corrected chi connectivity index (χ1v) is 5.42. The summed E-state index contributed by atoms with van der Waals surface area (Å²) in [5.41, 5.74) is 8.08. The molecule has 0 amide bonds. The molecule has 3 heteroatoms. The third-order valence-electron chi connectivity index (χ3n) is 2.13. The Kier molecular flexibility index (Phi) is 3.96. The molecule has 0 fully saturated rings. The molecular weight excluding hydrogens is 242 g/mol. The van der Waals surface area contributed by atoms with Gasteiger partial charge in [0.25, 0.3) is 0 Å². The third kappa shape index (κ3) is 2.72. The summed E-state index contributed by atoms with van der Waals surface area (Å²) in [6, 6.07) is 4.32. The molecule has 1 aromatic rings. The van der Waals surface area contributed by atoms with Crippen molar-refractivity contribution in [1.29, 1.82) is 0 Å². The number of nitrogens with two attached hydrogens (primary N) is 1. The zero-order valence-corrected chi connectivity index (χ0v) is 10.4.